The lowest BCUT2D eigenvalue weighted by Gasteiger charge is -2.30. The van der Waals surface area contributed by atoms with Gasteiger partial charge in [-0.25, -0.2) is 0 Å². The van der Waals surface area contributed by atoms with Crippen LogP contribution in [0.1, 0.15) is 35.5 Å². The Balaban J connectivity index is 1.37. The number of hydrogen-bond acceptors (Lipinski definition) is 5. The molecule has 0 unspecified atom stereocenters. The van der Waals surface area contributed by atoms with Gasteiger partial charge >= 0.3 is 0 Å². The highest BCUT2D eigenvalue weighted by Gasteiger charge is 2.26. The molecule has 5 rings (SSSR count). The SMILES string of the molecule is CC(C)N(CC(=O)N(Cc1ccc2c(c1)OCO2)Cc1ccco1)C(=O)c1ccc2ccccc2c1. The van der Waals surface area contributed by atoms with Gasteiger partial charge in [-0.2, -0.15) is 0 Å². The first-order valence-corrected chi connectivity index (χ1v) is 12.0. The lowest BCUT2D eigenvalue weighted by molar-refractivity contribution is -0.133. The smallest absolute Gasteiger partial charge is 0.254 e. The van der Waals surface area contributed by atoms with E-state index in [1.54, 1.807) is 22.1 Å². The van der Waals surface area contributed by atoms with Crippen LogP contribution in [0.4, 0.5) is 0 Å². The van der Waals surface area contributed by atoms with Gasteiger partial charge in [-0.15, -0.1) is 0 Å². The number of fused-ring (bicyclic) bond motifs is 2. The molecule has 0 spiro atoms. The van der Waals surface area contributed by atoms with Crippen molar-refractivity contribution in [1.82, 2.24) is 9.80 Å². The van der Waals surface area contributed by atoms with Gasteiger partial charge in [0, 0.05) is 18.2 Å². The van der Waals surface area contributed by atoms with Crippen LogP contribution in [0.2, 0.25) is 0 Å². The quantitative estimate of drug-likeness (QED) is 0.342. The van der Waals surface area contributed by atoms with Gasteiger partial charge in [0.1, 0.15) is 12.3 Å². The van der Waals surface area contributed by atoms with E-state index in [0.717, 1.165) is 16.3 Å². The second-order valence-electron chi connectivity index (χ2n) is 9.11. The third-order valence-electron chi connectivity index (χ3n) is 6.28. The van der Waals surface area contributed by atoms with Gasteiger partial charge in [0.25, 0.3) is 5.91 Å². The summed E-state index contributed by atoms with van der Waals surface area (Å²) >= 11 is 0. The number of hydrogen-bond donors (Lipinski definition) is 0. The largest absolute Gasteiger partial charge is 0.467 e. The second-order valence-corrected chi connectivity index (χ2v) is 9.11. The first kappa shape index (κ1) is 23.5. The third-order valence-corrected chi connectivity index (χ3v) is 6.28. The summed E-state index contributed by atoms with van der Waals surface area (Å²) in [4.78, 5) is 30.4. The van der Waals surface area contributed by atoms with Crippen LogP contribution in [0.25, 0.3) is 10.8 Å². The fraction of sp³-hybridized carbons (Fsp3) is 0.241. The summed E-state index contributed by atoms with van der Waals surface area (Å²) in [7, 11) is 0. The third kappa shape index (κ3) is 5.05. The first-order chi connectivity index (χ1) is 17.5. The Kier molecular flexibility index (Phi) is 6.62. The van der Waals surface area contributed by atoms with Crippen molar-refractivity contribution >= 4 is 22.6 Å². The van der Waals surface area contributed by atoms with Crippen molar-refractivity contribution in [3.05, 3.63) is 95.9 Å². The summed E-state index contributed by atoms with van der Waals surface area (Å²) in [6.07, 6.45) is 1.59. The predicted molar refractivity (Wildman–Crippen MR) is 136 cm³/mol. The number of furan rings is 1. The Morgan fingerprint density at radius 3 is 2.44 bits per heavy atom. The molecule has 0 saturated carbocycles. The van der Waals surface area contributed by atoms with E-state index in [0.29, 0.717) is 29.4 Å². The summed E-state index contributed by atoms with van der Waals surface area (Å²) in [5.41, 5.74) is 1.46. The summed E-state index contributed by atoms with van der Waals surface area (Å²) < 4.78 is 16.4. The minimum atomic E-state index is -0.176. The number of nitrogens with zero attached hydrogens (tertiary/aromatic N) is 2. The number of carbonyl (C=O) groups is 2. The highest BCUT2D eigenvalue weighted by molar-refractivity contribution is 6.00. The molecule has 7 heteroatoms. The van der Waals surface area contributed by atoms with Gasteiger partial charge in [-0.05, 0) is 66.6 Å². The molecule has 0 N–H and O–H groups in total. The molecule has 0 fully saturated rings. The van der Waals surface area contributed by atoms with Crippen molar-refractivity contribution in [1.29, 1.82) is 0 Å². The number of amides is 2. The van der Waals surface area contributed by atoms with Crippen molar-refractivity contribution in [3.63, 3.8) is 0 Å². The van der Waals surface area contributed by atoms with E-state index >= 15 is 0 Å². The van der Waals surface area contributed by atoms with Crippen LogP contribution in [0.5, 0.6) is 11.5 Å². The number of rotatable bonds is 8. The monoisotopic (exact) mass is 484 g/mol. The highest BCUT2D eigenvalue weighted by Crippen LogP contribution is 2.33. The molecule has 184 valence electrons. The summed E-state index contributed by atoms with van der Waals surface area (Å²) in [6.45, 7) is 4.60. The van der Waals surface area contributed by atoms with Gasteiger partial charge in [-0.1, -0.05) is 36.4 Å². The molecule has 0 aliphatic carbocycles. The molecule has 1 aromatic heterocycles. The van der Waals surface area contributed by atoms with Crippen molar-refractivity contribution in [2.45, 2.75) is 33.0 Å². The van der Waals surface area contributed by atoms with Crippen LogP contribution in [-0.4, -0.2) is 41.0 Å². The average Bonchev–Trinajstić information content (AvgIpc) is 3.57. The molecule has 3 aromatic carbocycles. The molecule has 2 amide bonds. The lowest BCUT2D eigenvalue weighted by Crippen LogP contribution is -2.45. The van der Waals surface area contributed by atoms with E-state index in [1.807, 2.05) is 80.6 Å². The zero-order valence-corrected chi connectivity index (χ0v) is 20.3. The molecular formula is C29H28N2O5. The Morgan fingerprint density at radius 2 is 1.67 bits per heavy atom. The minimum absolute atomic E-state index is 0.0470. The van der Waals surface area contributed by atoms with Gasteiger partial charge in [0.2, 0.25) is 12.7 Å². The van der Waals surface area contributed by atoms with Crippen LogP contribution in [0, 0.1) is 0 Å². The molecule has 36 heavy (non-hydrogen) atoms. The summed E-state index contributed by atoms with van der Waals surface area (Å²) in [6, 6.07) is 22.6. The van der Waals surface area contributed by atoms with E-state index in [2.05, 4.69) is 0 Å². The summed E-state index contributed by atoms with van der Waals surface area (Å²) in [5, 5.41) is 2.05. The van der Waals surface area contributed by atoms with E-state index in [4.69, 9.17) is 13.9 Å². The zero-order chi connectivity index (χ0) is 25.1. The van der Waals surface area contributed by atoms with E-state index in [1.165, 1.54) is 0 Å². The van der Waals surface area contributed by atoms with Crippen molar-refractivity contribution in [2.24, 2.45) is 0 Å². The minimum Gasteiger partial charge on any atom is -0.467 e. The lowest BCUT2D eigenvalue weighted by atomic mass is 10.1. The standard InChI is InChI=1S/C29H28N2O5/c1-20(2)31(29(33)24-11-10-22-6-3-4-7-23(22)15-24)18-28(32)30(17-25-8-5-13-34-25)16-21-9-12-26-27(14-21)36-19-35-26/h3-15,20H,16-19H2,1-2H3. The fourth-order valence-electron chi connectivity index (χ4n) is 4.31. The van der Waals surface area contributed by atoms with Crippen LogP contribution in [0.15, 0.2) is 83.5 Å². The molecule has 4 aromatic rings. The van der Waals surface area contributed by atoms with Gasteiger partial charge in [0.15, 0.2) is 11.5 Å². The van der Waals surface area contributed by atoms with E-state index in [9.17, 15) is 9.59 Å². The van der Waals surface area contributed by atoms with Crippen LogP contribution < -0.4 is 9.47 Å². The Hall–Kier alpha value is -4.26. The average molecular weight is 485 g/mol. The van der Waals surface area contributed by atoms with Crippen LogP contribution in [-0.2, 0) is 17.9 Å². The maximum absolute atomic E-state index is 13.6. The molecule has 7 nitrogen and oxygen atoms in total. The summed E-state index contributed by atoms with van der Waals surface area (Å²) in [5.74, 6) is 1.67. The zero-order valence-electron chi connectivity index (χ0n) is 20.3. The van der Waals surface area contributed by atoms with Crippen molar-refractivity contribution in [2.75, 3.05) is 13.3 Å². The topological polar surface area (TPSA) is 72.2 Å². The van der Waals surface area contributed by atoms with Gasteiger partial charge in [0.05, 0.1) is 12.8 Å². The maximum Gasteiger partial charge on any atom is 0.254 e. The molecule has 1 aliphatic heterocycles. The molecule has 0 radical (unpaired) electrons. The van der Waals surface area contributed by atoms with Crippen LogP contribution >= 0.6 is 0 Å². The Labute approximate surface area is 209 Å². The molecule has 0 bridgehead atoms. The number of ether oxygens (including phenoxy) is 2. The molecular weight excluding hydrogens is 456 g/mol. The predicted octanol–water partition coefficient (Wildman–Crippen LogP) is 5.24. The van der Waals surface area contributed by atoms with Crippen molar-refractivity contribution < 1.29 is 23.5 Å². The second kappa shape index (κ2) is 10.2. The molecule has 2 heterocycles. The van der Waals surface area contributed by atoms with E-state index < -0.39 is 0 Å². The normalized spacial score (nSPS) is 12.2. The number of carbonyl (C=O) groups excluding carboxylic acids is 2. The Bertz CT molecular complexity index is 1380. The highest BCUT2D eigenvalue weighted by atomic mass is 16.7. The Morgan fingerprint density at radius 1 is 0.861 bits per heavy atom. The fourth-order valence-corrected chi connectivity index (χ4v) is 4.31. The molecule has 0 saturated heterocycles. The van der Waals surface area contributed by atoms with Gasteiger partial charge in [-0.3, -0.25) is 9.59 Å². The number of benzene rings is 3. The molecule has 0 atom stereocenters. The first-order valence-electron chi connectivity index (χ1n) is 12.0. The van der Waals surface area contributed by atoms with E-state index in [-0.39, 0.29) is 37.7 Å². The van der Waals surface area contributed by atoms with Gasteiger partial charge < -0.3 is 23.7 Å². The molecule has 1 aliphatic rings. The van der Waals surface area contributed by atoms with Crippen LogP contribution in [0.3, 0.4) is 0 Å². The van der Waals surface area contributed by atoms with Crippen molar-refractivity contribution in [3.8, 4) is 11.5 Å². The maximum atomic E-state index is 13.6.